The number of carbonyl (C=O) groups is 2. The summed E-state index contributed by atoms with van der Waals surface area (Å²) in [6, 6.07) is 2.98. The Hall–Kier alpha value is -1.69. The Morgan fingerprint density at radius 2 is 1.95 bits per heavy atom. The molecular formula is C13H19ClN4O2. The lowest BCUT2D eigenvalue weighted by Crippen LogP contribution is -2.47. The summed E-state index contributed by atoms with van der Waals surface area (Å²) in [4.78, 5) is 25.4. The van der Waals surface area contributed by atoms with Gasteiger partial charge < -0.3 is 10.2 Å². The minimum atomic E-state index is -0.347. The average molecular weight is 299 g/mol. The second-order valence-corrected chi connectivity index (χ2v) is 5.75. The first-order chi connectivity index (χ1) is 9.23. The molecule has 2 amide bonds. The molecule has 1 rings (SSSR count). The van der Waals surface area contributed by atoms with E-state index in [0.717, 1.165) is 0 Å². The standard InChI is InChI=1S/C13H19ClN4O2/c1-5-18(8-11(19)15-13(2,3)4)12(20)9-6-7-10(14)17-16-9/h6-7H,5,8H2,1-4H3,(H,15,19). The molecule has 0 aliphatic heterocycles. The van der Waals surface area contributed by atoms with Crippen molar-refractivity contribution in [3.63, 3.8) is 0 Å². The van der Waals surface area contributed by atoms with Gasteiger partial charge in [0.2, 0.25) is 5.91 Å². The molecule has 0 atom stereocenters. The first-order valence-electron chi connectivity index (χ1n) is 6.32. The first-order valence-corrected chi connectivity index (χ1v) is 6.70. The molecule has 20 heavy (non-hydrogen) atoms. The quantitative estimate of drug-likeness (QED) is 0.914. The highest BCUT2D eigenvalue weighted by molar-refractivity contribution is 6.29. The summed E-state index contributed by atoms with van der Waals surface area (Å²) in [6.45, 7) is 7.83. The van der Waals surface area contributed by atoms with Crippen molar-refractivity contribution in [3.05, 3.63) is 23.0 Å². The van der Waals surface area contributed by atoms with Crippen LogP contribution in [0.2, 0.25) is 5.15 Å². The Labute approximate surface area is 123 Å². The Morgan fingerprint density at radius 1 is 1.30 bits per heavy atom. The van der Waals surface area contributed by atoms with Crippen LogP contribution in [-0.2, 0) is 4.79 Å². The highest BCUT2D eigenvalue weighted by Crippen LogP contribution is 2.06. The number of aromatic nitrogens is 2. The van der Waals surface area contributed by atoms with E-state index < -0.39 is 0 Å². The first kappa shape index (κ1) is 16.4. The molecule has 0 fully saturated rings. The smallest absolute Gasteiger partial charge is 0.274 e. The summed E-state index contributed by atoms with van der Waals surface area (Å²) in [6.07, 6.45) is 0. The highest BCUT2D eigenvalue weighted by Gasteiger charge is 2.21. The summed E-state index contributed by atoms with van der Waals surface area (Å²) in [5, 5.41) is 10.4. The van der Waals surface area contributed by atoms with Crippen LogP contribution in [0.5, 0.6) is 0 Å². The molecule has 1 heterocycles. The molecule has 7 heteroatoms. The Kier molecular flexibility index (Phi) is 5.44. The van der Waals surface area contributed by atoms with E-state index in [4.69, 9.17) is 11.6 Å². The molecule has 0 spiro atoms. The van der Waals surface area contributed by atoms with Gasteiger partial charge in [-0.15, -0.1) is 10.2 Å². The second-order valence-electron chi connectivity index (χ2n) is 5.36. The Balaban J connectivity index is 2.73. The van der Waals surface area contributed by atoms with Crippen LogP contribution >= 0.6 is 11.6 Å². The van der Waals surface area contributed by atoms with Gasteiger partial charge >= 0.3 is 0 Å². The van der Waals surface area contributed by atoms with Gasteiger partial charge in [-0.3, -0.25) is 9.59 Å². The third-order valence-electron chi connectivity index (χ3n) is 2.37. The van der Waals surface area contributed by atoms with Gasteiger partial charge in [0.15, 0.2) is 10.8 Å². The van der Waals surface area contributed by atoms with Crippen LogP contribution in [0.4, 0.5) is 0 Å². The van der Waals surface area contributed by atoms with Crippen LogP contribution in [0.3, 0.4) is 0 Å². The fraction of sp³-hybridized carbons (Fsp3) is 0.538. The Morgan fingerprint density at radius 3 is 2.40 bits per heavy atom. The normalized spacial score (nSPS) is 11.1. The van der Waals surface area contributed by atoms with Crippen molar-refractivity contribution in [3.8, 4) is 0 Å². The van der Waals surface area contributed by atoms with Crippen LogP contribution in [0, 0.1) is 0 Å². The summed E-state index contributed by atoms with van der Waals surface area (Å²) in [5.41, 5.74) is -0.167. The van der Waals surface area contributed by atoms with Crippen molar-refractivity contribution in [2.24, 2.45) is 0 Å². The number of amides is 2. The van der Waals surface area contributed by atoms with Gasteiger partial charge in [-0.05, 0) is 39.8 Å². The van der Waals surface area contributed by atoms with E-state index in [0.29, 0.717) is 6.54 Å². The molecule has 0 bridgehead atoms. The summed E-state index contributed by atoms with van der Waals surface area (Å²) >= 11 is 5.62. The van der Waals surface area contributed by atoms with E-state index in [9.17, 15) is 9.59 Å². The zero-order valence-electron chi connectivity index (χ0n) is 12.1. The second kappa shape index (κ2) is 6.65. The molecule has 0 radical (unpaired) electrons. The molecule has 6 nitrogen and oxygen atoms in total. The van der Waals surface area contributed by atoms with Gasteiger partial charge in [0.05, 0.1) is 6.54 Å². The van der Waals surface area contributed by atoms with E-state index in [1.807, 2.05) is 20.8 Å². The largest absolute Gasteiger partial charge is 0.350 e. The van der Waals surface area contributed by atoms with Gasteiger partial charge in [0.1, 0.15) is 0 Å². The van der Waals surface area contributed by atoms with E-state index in [2.05, 4.69) is 15.5 Å². The van der Waals surface area contributed by atoms with Crippen molar-refractivity contribution < 1.29 is 9.59 Å². The van der Waals surface area contributed by atoms with Gasteiger partial charge in [0.25, 0.3) is 5.91 Å². The van der Waals surface area contributed by atoms with Gasteiger partial charge in [-0.25, -0.2) is 0 Å². The number of hydrogen-bond acceptors (Lipinski definition) is 4. The zero-order chi connectivity index (χ0) is 15.3. The summed E-state index contributed by atoms with van der Waals surface area (Å²) in [5.74, 6) is -0.560. The summed E-state index contributed by atoms with van der Waals surface area (Å²) < 4.78 is 0. The SMILES string of the molecule is CCN(CC(=O)NC(C)(C)C)C(=O)c1ccc(Cl)nn1. The van der Waals surface area contributed by atoms with Crippen molar-refractivity contribution in [1.29, 1.82) is 0 Å². The highest BCUT2D eigenvalue weighted by atomic mass is 35.5. The van der Waals surface area contributed by atoms with E-state index in [1.165, 1.54) is 17.0 Å². The number of nitrogens with zero attached hydrogens (tertiary/aromatic N) is 3. The molecule has 0 aliphatic rings. The number of halogens is 1. The predicted octanol–water partition coefficient (Wildman–Crippen LogP) is 1.51. The number of rotatable bonds is 4. The lowest BCUT2D eigenvalue weighted by atomic mass is 10.1. The monoisotopic (exact) mass is 298 g/mol. The van der Waals surface area contributed by atoms with E-state index in [-0.39, 0.29) is 34.7 Å². The Bertz CT molecular complexity index is 482. The van der Waals surface area contributed by atoms with Crippen LogP contribution in [0.15, 0.2) is 12.1 Å². The van der Waals surface area contributed by atoms with E-state index >= 15 is 0 Å². The van der Waals surface area contributed by atoms with Crippen molar-refractivity contribution in [2.75, 3.05) is 13.1 Å². The van der Waals surface area contributed by atoms with Crippen LogP contribution in [0.25, 0.3) is 0 Å². The molecule has 0 saturated heterocycles. The topological polar surface area (TPSA) is 75.2 Å². The summed E-state index contributed by atoms with van der Waals surface area (Å²) in [7, 11) is 0. The average Bonchev–Trinajstić information content (AvgIpc) is 2.34. The maximum Gasteiger partial charge on any atom is 0.274 e. The fourth-order valence-corrected chi connectivity index (χ4v) is 1.65. The number of hydrogen-bond donors (Lipinski definition) is 1. The molecule has 1 aromatic rings. The maximum atomic E-state index is 12.2. The van der Waals surface area contributed by atoms with Crippen molar-refractivity contribution in [2.45, 2.75) is 33.2 Å². The molecule has 0 aliphatic carbocycles. The minimum absolute atomic E-state index is 0.0170. The maximum absolute atomic E-state index is 12.2. The third kappa shape index (κ3) is 5.13. The third-order valence-corrected chi connectivity index (χ3v) is 2.57. The van der Waals surface area contributed by atoms with Crippen molar-refractivity contribution in [1.82, 2.24) is 20.4 Å². The molecule has 110 valence electrons. The van der Waals surface area contributed by atoms with Gasteiger partial charge in [0, 0.05) is 12.1 Å². The fourth-order valence-electron chi connectivity index (χ4n) is 1.55. The van der Waals surface area contributed by atoms with Crippen molar-refractivity contribution >= 4 is 23.4 Å². The van der Waals surface area contributed by atoms with Crippen LogP contribution < -0.4 is 5.32 Å². The number of carbonyl (C=O) groups excluding carboxylic acids is 2. The van der Waals surface area contributed by atoms with Crippen LogP contribution in [0.1, 0.15) is 38.2 Å². The molecule has 0 unspecified atom stereocenters. The zero-order valence-corrected chi connectivity index (χ0v) is 12.9. The van der Waals surface area contributed by atoms with Gasteiger partial charge in [-0.2, -0.15) is 0 Å². The van der Waals surface area contributed by atoms with E-state index in [1.54, 1.807) is 6.92 Å². The lowest BCUT2D eigenvalue weighted by Gasteiger charge is -2.24. The molecule has 0 saturated carbocycles. The van der Waals surface area contributed by atoms with Crippen LogP contribution in [-0.4, -0.2) is 45.5 Å². The number of nitrogens with one attached hydrogen (secondary N) is 1. The minimum Gasteiger partial charge on any atom is -0.350 e. The molecule has 0 aromatic carbocycles. The lowest BCUT2D eigenvalue weighted by molar-refractivity contribution is -0.123. The molecule has 1 N–H and O–H groups in total. The molecular weight excluding hydrogens is 280 g/mol. The number of likely N-dealkylation sites (N-methyl/N-ethyl adjacent to an activating group) is 1. The van der Waals surface area contributed by atoms with Gasteiger partial charge in [-0.1, -0.05) is 11.6 Å². The molecule has 1 aromatic heterocycles. The predicted molar refractivity (Wildman–Crippen MR) is 76.5 cm³/mol.